The molecule has 2 aliphatic rings. The highest BCUT2D eigenvalue weighted by atomic mass is 16.7. The third-order valence-corrected chi connectivity index (χ3v) is 4.17. The van der Waals surface area contributed by atoms with Gasteiger partial charge in [-0.05, 0) is 25.5 Å². The predicted octanol–water partition coefficient (Wildman–Crippen LogP) is 1.64. The lowest BCUT2D eigenvalue weighted by Crippen LogP contribution is -2.48. The van der Waals surface area contributed by atoms with Crippen LogP contribution in [0.3, 0.4) is 0 Å². The normalized spacial score (nSPS) is 30.0. The molecule has 2 unspecified atom stereocenters. The van der Waals surface area contributed by atoms with Crippen molar-refractivity contribution >= 4 is 0 Å². The van der Waals surface area contributed by atoms with Gasteiger partial charge in [-0.25, -0.2) is 0 Å². The summed E-state index contributed by atoms with van der Waals surface area (Å²) in [5, 5.41) is 8.07. The Morgan fingerprint density at radius 2 is 2.26 bits per heavy atom. The zero-order valence-electron chi connectivity index (χ0n) is 11.8. The number of likely N-dealkylation sites (N-methyl/N-ethyl adjacent to an activating group) is 1. The minimum absolute atomic E-state index is 0.306. The van der Waals surface area contributed by atoms with Gasteiger partial charge in [0, 0.05) is 25.1 Å². The van der Waals surface area contributed by atoms with Crippen molar-refractivity contribution in [1.29, 1.82) is 0 Å². The van der Waals surface area contributed by atoms with Crippen molar-refractivity contribution in [3.8, 4) is 0 Å². The van der Waals surface area contributed by atoms with Gasteiger partial charge in [0.25, 0.3) is 0 Å². The van der Waals surface area contributed by atoms with E-state index in [9.17, 15) is 0 Å². The van der Waals surface area contributed by atoms with Crippen LogP contribution in [-0.4, -0.2) is 41.4 Å². The first-order valence-corrected chi connectivity index (χ1v) is 7.24. The van der Waals surface area contributed by atoms with Crippen LogP contribution in [-0.2, 0) is 9.47 Å². The molecule has 0 aromatic carbocycles. The molecule has 2 atom stereocenters. The van der Waals surface area contributed by atoms with E-state index >= 15 is 0 Å². The van der Waals surface area contributed by atoms with Gasteiger partial charge >= 0.3 is 0 Å². The second kappa shape index (κ2) is 5.23. The van der Waals surface area contributed by atoms with Gasteiger partial charge < -0.3 is 14.8 Å². The van der Waals surface area contributed by atoms with E-state index < -0.39 is 0 Å². The van der Waals surface area contributed by atoms with Gasteiger partial charge in [-0.2, -0.15) is 5.10 Å². The molecule has 1 spiro atoms. The average molecular weight is 265 g/mol. The van der Waals surface area contributed by atoms with Crippen LogP contribution in [0.25, 0.3) is 0 Å². The van der Waals surface area contributed by atoms with Crippen LogP contribution < -0.4 is 5.32 Å². The maximum atomic E-state index is 5.88. The molecule has 1 N–H and O–H groups in total. The van der Waals surface area contributed by atoms with Gasteiger partial charge in [-0.15, -0.1) is 0 Å². The fourth-order valence-corrected chi connectivity index (χ4v) is 3.28. The van der Waals surface area contributed by atoms with Crippen LogP contribution in [0.2, 0.25) is 0 Å². The summed E-state index contributed by atoms with van der Waals surface area (Å²) in [6, 6.07) is 0.753. The Bertz CT molecular complexity index is 426. The quantitative estimate of drug-likeness (QED) is 0.902. The Morgan fingerprint density at radius 3 is 2.89 bits per heavy atom. The molecule has 2 fully saturated rings. The Labute approximate surface area is 114 Å². The minimum Gasteiger partial charge on any atom is -0.347 e. The van der Waals surface area contributed by atoms with Crippen molar-refractivity contribution in [1.82, 2.24) is 15.1 Å². The van der Waals surface area contributed by atoms with Crippen molar-refractivity contribution < 1.29 is 9.47 Å². The molecule has 1 aromatic rings. The molecule has 106 valence electrons. The molecule has 19 heavy (non-hydrogen) atoms. The van der Waals surface area contributed by atoms with E-state index in [1.807, 2.05) is 6.20 Å². The van der Waals surface area contributed by atoms with Crippen LogP contribution in [0.15, 0.2) is 12.4 Å². The van der Waals surface area contributed by atoms with E-state index in [0.717, 1.165) is 39.0 Å². The fraction of sp³-hybridized carbons (Fsp3) is 0.786. The summed E-state index contributed by atoms with van der Waals surface area (Å²) in [6.45, 7) is 6.65. The van der Waals surface area contributed by atoms with Crippen LogP contribution in [0, 0.1) is 6.92 Å². The number of hydrogen-bond acceptors (Lipinski definition) is 4. The van der Waals surface area contributed by atoms with E-state index in [4.69, 9.17) is 9.47 Å². The second-order valence-electron chi connectivity index (χ2n) is 5.58. The molecule has 1 aromatic heterocycles. The molecule has 1 aliphatic carbocycles. The lowest BCUT2D eigenvalue weighted by molar-refractivity contribution is -0.189. The first-order valence-electron chi connectivity index (χ1n) is 7.24. The number of hydrogen-bond donors (Lipinski definition) is 1. The van der Waals surface area contributed by atoms with Gasteiger partial charge in [0.15, 0.2) is 5.79 Å². The number of nitrogens with zero attached hydrogens (tertiary/aromatic N) is 2. The molecule has 1 aliphatic heterocycles. The summed E-state index contributed by atoms with van der Waals surface area (Å²) >= 11 is 0. The highest BCUT2D eigenvalue weighted by Crippen LogP contribution is 2.40. The summed E-state index contributed by atoms with van der Waals surface area (Å²) in [5.41, 5.74) is 1.20. The van der Waals surface area contributed by atoms with Gasteiger partial charge in [0.1, 0.15) is 0 Å². The Morgan fingerprint density at radius 1 is 1.47 bits per heavy atom. The third-order valence-electron chi connectivity index (χ3n) is 4.17. The van der Waals surface area contributed by atoms with Crippen molar-refractivity contribution in [3.05, 3.63) is 18.0 Å². The molecule has 2 heterocycles. The van der Waals surface area contributed by atoms with Crippen molar-refractivity contribution in [2.24, 2.45) is 0 Å². The van der Waals surface area contributed by atoms with E-state index in [-0.39, 0.29) is 5.79 Å². The second-order valence-corrected chi connectivity index (χ2v) is 5.58. The van der Waals surface area contributed by atoms with Gasteiger partial charge in [-0.3, -0.25) is 4.68 Å². The fourth-order valence-electron chi connectivity index (χ4n) is 3.28. The molecule has 1 saturated carbocycles. The van der Waals surface area contributed by atoms with Crippen molar-refractivity contribution in [2.45, 2.75) is 51.0 Å². The third kappa shape index (κ3) is 2.55. The number of aryl methyl sites for hydroxylation is 1. The summed E-state index contributed by atoms with van der Waals surface area (Å²) in [7, 11) is 0. The summed E-state index contributed by atoms with van der Waals surface area (Å²) in [6.07, 6.45) is 6.95. The lowest BCUT2D eigenvalue weighted by atomic mass is 9.85. The largest absolute Gasteiger partial charge is 0.347 e. The maximum Gasteiger partial charge on any atom is 0.170 e. The molecule has 0 radical (unpaired) electrons. The molecule has 0 amide bonds. The zero-order valence-corrected chi connectivity index (χ0v) is 11.8. The van der Waals surface area contributed by atoms with E-state index in [2.05, 4.69) is 35.1 Å². The molecular weight excluding hydrogens is 242 g/mol. The first-order chi connectivity index (χ1) is 9.22. The van der Waals surface area contributed by atoms with Gasteiger partial charge in [-0.1, -0.05) is 6.92 Å². The molecular formula is C14H23N3O2. The highest BCUT2D eigenvalue weighted by Gasteiger charge is 2.45. The van der Waals surface area contributed by atoms with Crippen LogP contribution in [0.5, 0.6) is 0 Å². The molecule has 1 saturated heterocycles. The predicted molar refractivity (Wildman–Crippen MR) is 72.0 cm³/mol. The molecule has 5 nitrogen and oxygen atoms in total. The van der Waals surface area contributed by atoms with Gasteiger partial charge in [0.05, 0.1) is 25.5 Å². The number of nitrogens with one attached hydrogen (secondary N) is 1. The average Bonchev–Trinajstić information content (AvgIpc) is 3.02. The smallest absolute Gasteiger partial charge is 0.170 e. The molecule has 3 rings (SSSR count). The summed E-state index contributed by atoms with van der Waals surface area (Å²) in [5.74, 6) is -0.365. The minimum atomic E-state index is -0.365. The number of ether oxygens (including phenoxy) is 2. The van der Waals surface area contributed by atoms with Gasteiger partial charge in [0.2, 0.25) is 0 Å². The number of aromatic nitrogens is 2. The first kappa shape index (κ1) is 13.1. The van der Waals surface area contributed by atoms with Crippen molar-refractivity contribution in [2.75, 3.05) is 19.8 Å². The maximum absolute atomic E-state index is 5.88. The highest BCUT2D eigenvalue weighted by molar-refractivity contribution is 5.03. The molecule has 5 heteroatoms. The Kier molecular flexibility index (Phi) is 3.60. The molecule has 0 bridgehead atoms. The Hall–Kier alpha value is -0.910. The van der Waals surface area contributed by atoms with E-state index in [0.29, 0.717) is 12.1 Å². The van der Waals surface area contributed by atoms with E-state index in [1.165, 1.54) is 5.56 Å². The Balaban J connectivity index is 1.81. The van der Waals surface area contributed by atoms with Crippen LogP contribution in [0.1, 0.15) is 37.8 Å². The monoisotopic (exact) mass is 265 g/mol. The number of rotatable bonds is 3. The summed E-state index contributed by atoms with van der Waals surface area (Å²) < 4.78 is 13.8. The topological polar surface area (TPSA) is 48.3 Å². The van der Waals surface area contributed by atoms with Crippen LogP contribution in [0.4, 0.5) is 0 Å². The zero-order chi connectivity index (χ0) is 13.3. The lowest BCUT2D eigenvalue weighted by Gasteiger charge is -2.41. The standard InChI is InChI=1S/C14H23N3O2/c1-3-15-12-4-5-14(18-6-7-19-14)8-13(12)17-10-11(2)9-16-17/h9-10,12-13,15H,3-8H2,1-2H3. The van der Waals surface area contributed by atoms with Crippen LogP contribution >= 0.6 is 0 Å². The van der Waals surface area contributed by atoms with E-state index in [1.54, 1.807) is 0 Å². The SMILES string of the molecule is CCNC1CCC2(CC1n1cc(C)cn1)OCCO2. The summed E-state index contributed by atoms with van der Waals surface area (Å²) in [4.78, 5) is 0. The van der Waals surface area contributed by atoms with Crippen molar-refractivity contribution in [3.63, 3.8) is 0 Å².